The Hall–Kier alpha value is 0.100. The summed E-state index contributed by atoms with van der Waals surface area (Å²) in [6, 6.07) is 0. The summed E-state index contributed by atoms with van der Waals surface area (Å²) < 4.78 is 0. The van der Waals surface area contributed by atoms with Crippen LogP contribution in [0.15, 0.2) is 12.2 Å². The molecule has 0 aliphatic heterocycles. The van der Waals surface area contributed by atoms with Gasteiger partial charge in [-0.1, -0.05) is 28.1 Å². The first-order chi connectivity index (χ1) is 4.63. The molecular weight excluding hydrogens is 200 g/mol. The fourth-order valence-electron chi connectivity index (χ4n) is 0.838. The Morgan fingerprint density at radius 3 is 2.00 bits per heavy atom. The van der Waals surface area contributed by atoms with Gasteiger partial charge in [0.2, 0.25) is 0 Å². The number of hydrogen-bond acceptors (Lipinski definition) is 3. The molecule has 0 bridgehead atoms. The van der Waals surface area contributed by atoms with Crippen molar-refractivity contribution in [2.75, 3.05) is 0 Å². The van der Waals surface area contributed by atoms with Crippen molar-refractivity contribution < 1.29 is 15.3 Å². The molecule has 1 rings (SSSR count). The van der Waals surface area contributed by atoms with E-state index in [2.05, 4.69) is 15.9 Å². The summed E-state index contributed by atoms with van der Waals surface area (Å²) in [5.41, 5.74) is 0. The lowest BCUT2D eigenvalue weighted by molar-refractivity contribution is 0.0177. The van der Waals surface area contributed by atoms with Gasteiger partial charge in [0, 0.05) is 0 Å². The Morgan fingerprint density at radius 2 is 1.50 bits per heavy atom. The van der Waals surface area contributed by atoms with Crippen molar-refractivity contribution in [2.24, 2.45) is 0 Å². The van der Waals surface area contributed by atoms with Crippen LogP contribution in [0.25, 0.3) is 0 Å². The van der Waals surface area contributed by atoms with Crippen LogP contribution >= 0.6 is 15.9 Å². The zero-order valence-corrected chi connectivity index (χ0v) is 6.77. The van der Waals surface area contributed by atoms with Crippen molar-refractivity contribution in [3.63, 3.8) is 0 Å². The first-order valence-corrected chi connectivity index (χ1v) is 3.91. The van der Waals surface area contributed by atoms with Gasteiger partial charge in [-0.3, -0.25) is 0 Å². The third-order valence-corrected chi connectivity index (χ3v) is 2.59. The number of halogens is 1. The second-order valence-electron chi connectivity index (χ2n) is 2.30. The quantitative estimate of drug-likeness (QED) is 0.369. The van der Waals surface area contributed by atoms with E-state index in [1.807, 2.05) is 0 Å². The van der Waals surface area contributed by atoms with Gasteiger partial charge in [0.1, 0.15) is 0 Å². The van der Waals surface area contributed by atoms with Gasteiger partial charge in [-0.25, -0.2) is 0 Å². The SMILES string of the molecule is O[C@H]1[C@@H](Br)[C@H](O)C=C[C@@H]1O. The maximum Gasteiger partial charge on any atom is 0.0993 e. The Labute approximate surface area is 67.1 Å². The smallest absolute Gasteiger partial charge is 0.0993 e. The van der Waals surface area contributed by atoms with E-state index in [-0.39, 0.29) is 0 Å². The Kier molecular flexibility index (Phi) is 2.46. The molecule has 58 valence electrons. The minimum atomic E-state index is -0.917. The number of hydrogen-bond donors (Lipinski definition) is 3. The van der Waals surface area contributed by atoms with E-state index >= 15 is 0 Å². The lowest BCUT2D eigenvalue weighted by Gasteiger charge is -2.27. The number of alkyl halides is 1. The van der Waals surface area contributed by atoms with Crippen molar-refractivity contribution in [3.05, 3.63) is 12.2 Å². The topological polar surface area (TPSA) is 60.7 Å². The monoisotopic (exact) mass is 208 g/mol. The summed E-state index contributed by atoms with van der Waals surface area (Å²) in [7, 11) is 0. The van der Waals surface area contributed by atoms with E-state index < -0.39 is 23.1 Å². The van der Waals surface area contributed by atoms with E-state index in [4.69, 9.17) is 15.3 Å². The predicted octanol–water partition coefficient (Wildman–Crippen LogP) is -0.598. The molecule has 4 atom stereocenters. The van der Waals surface area contributed by atoms with Crippen LogP contribution in [0.2, 0.25) is 0 Å². The second-order valence-corrected chi connectivity index (χ2v) is 3.36. The maximum atomic E-state index is 9.11. The highest BCUT2D eigenvalue weighted by molar-refractivity contribution is 9.09. The van der Waals surface area contributed by atoms with E-state index in [0.29, 0.717) is 0 Å². The molecule has 1 aliphatic rings. The van der Waals surface area contributed by atoms with E-state index in [9.17, 15) is 0 Å². The maximum absolute atomic E-state index is 9.11. The molecule has 0 saturated heterocycles. The van der Waals surface area contributed by atoms with Crippen molar-refractivity contribution in [1.82, 2.24) is 0 Å². The highest BCUT2D eigenvalue weighted by Gasteiger charge is 2.30. The Balaban J connectivity index is 2.69. The molecule has 10 heavy (non-hydrogen) atoms. The minimum Gasteiger partial charge on any atom is -0.389 e. The van der Waals surface area contributed by atoms with Gasteiger partial charge in [-0.15, -0.1) is 0 Å². The average Bonchev–Trinajstić information content (AvgIpc) is 1.93. The molecule has 3 N–H and O–H groups in total. The minimum absolute atomic E-state index is 0.465. The first kappa shape index (κ1) is 8.20. The Morgan fingerprint density at radius 1 is 1.00 bits per heavy atom. The van der Waals surface area contributed by atoms with Gasteiger partial charge in [0.25, 0.3) is 0 Å². The van der Waals surface area contributed by atoms with Crippen LogP contribution in [0.4, 0.5) is 0 Å². The molecule has 0 unspecified atom stereocenters. The van der Waals surface area contributed by atoms with Gasteiger partial charge in [-0.05, 0) is 0 Å². The summed E-state index contributed by atoms with van der Waals surface area (Å²) in [6.07, 6.45) is 0.343. The van der Waals surface area contributed by atoms with Crippen molar-refractivity contribution in [2.45, 2.75) is 23.1 Å². The summed E-state index contributed by atoms with van der Waals surface area (Å²) in [4.78, 5) is -0.465. The molecule has 0 aromatic carbocycles. The molecule has 1 aliphatic carbocycles. The van der Waals surface area contributed by atoms with Crippen LogP contribution in [-0.4, -0.2) is 38.5 Å². The van der Waals surface area contributed by atoms with Crippen LogP contribution in [0.3, 0.4) is 0 Å². The Bertz CT molecular complexity index is 132. The fourth-order valence-corrected chi connectivity index (χ4v) is 1.33. The fraction of sp³-hybridized carbons (Fsp3) is 0.667. The van der Waals surface area contributed by atoms with E-state index in [1.54, 1.807) is 0 Å². The van der Waals surface area contributed by atoms with Crippen LogP contribution in [0.5, 0.6) is 0 Å². The van der Waals surface area contributed by atoms with Crippen molar-refractivity contribution in [1.29, 1.82) is 0 Å². The highest BCUT2D eigenvalue weighted by Crippen LogP contribution is 2.20. The van der Waals surface area contributed by atoms with Crippen LogP contribution in [0.1, 0.15) is 0 Å². The van der Waals surface area contributed by atoms with Crippen molar-refractivity contribution in [3.8, 4) is 0 Å². The molecule has 0 aromatic heterocycles. The van der Waals surface area contributed by atoms with Gasteiger partial charge < -0.3 is 15.3 Å². The molecule has 0 heterocycles. The normalized spacial score (nSPS) is 47.6. The lowest BCUT2D eigenvalue weighted by Crippen LogP contribution is -2.42. The van der Waals surface area contributed by atoms with Gasteiger partial charge in [-0.2, -0.15) is 0 Å². The number of aliphatic hydroxyl groups excluding tert-OH is 3. The average molecular weight is 209 g/mol. The molecule has 0 aromatic rings. The standard InChI is InChI=1S/C6H9BrO3/c7-5-3(8)1-2-4(9)6(5)10/h1-6,8-10H/t3-,4+,5+,6-/m1/s1. The van der Waals surface area contributed by atoms with Crippen molar-refractivity contribution >= 4 is 15.9 Å². The third kappa shape index (κ3) is 1.40. The predicted molar refractivity (Wildman–Crippen MR) is 39.9 cm³/mol. The highest BCUT2D eigenvalue weighted by atomic mass is 79.9. The molecule has 0 fully saturated rings. The van der Waals surface area contributed by atoms with Crippen LogP contribution < -0.4 is 0 Å². The van der Waals surface area contributed by atoms with Gasteiger partial charge in [0.15, 0.2) is 0 Å². The number of aliphatic hydroxyl groups is 3. The third-order valence-electron chi connectivity index (χ3n) is 1.51. The summed E-state index contributed by atoms with van der Waals surface area (Å²) in [5, 5.41) is 27.2. The van der Waals surface area contributed by atoms with Gasteiger partial charge >= 0.3 is 0 Å². The number of rotatable bonds is 0. The molecule has 0 saturated carbocycles. The molecule has 4 heteroatoms. The molecule has 0 spiro atoms. The van der Waals surface area contributed by atoms with Crippen LogP contribution in [-0.2, 0) is 0 Å². The van der Waals surface area contributed by atoms with Crippen LogP contribution in [0, 0.1) is 0 Å². The lowest BCUT2D eigenvalue weighted by atomic mass is 10.00. The first-order valence-electron chi connectivity index (χ1n) is 2.99. The molecular formula is C6H9BrO3. The van der Waals surface area contributed by atoms with E-state index in [1.165, 1.54) is 12.2 Å². The summed E-state index contributed by atoms with van der Waals surface area (Å²) in [5.74, 6) is 0. The zero-order valence-electron chi connectivity index (χ0n) is 5.18. The molecule has 3 nitrogen and oxygen atoms in total. The summed E-state index contributed by atoms with van der Waals surface area (Å²) in [6.45, 7) is 0. The second kappa shape index (κ2) is 3.00. The zero-order chi connectivity index (χ0) is 7.72. The largest absolute Gasteiger partial charge is 0.389 e. The van der Waals surface area contributed by atoms with E-state index in [0.717, 1.165) is 0 Å². The molecule has 0 radical (unpaired) electrons. The van der Waals surface area contributed by atoms with Gasteiger partial charge in [0.05, 0.1) is 23.1 Å². The molecule has 0 amide bonds. The summed E-state index contributed by atoms with van der Waals surface area (Å²) >= 11 is 3.05.